The Hall–Kier alpha value is -1.70. The number of hydrogen-bond acceptors (Lipinski definition) is 3. The fraction of sp³-hybridized carbons (Fsp3) is 0.409. The number of halogens is 1. The maximum absolute atomic E-state index is 12.7. The zero-order valence-electron chi connectivity index (χ0n) is 16.6. The summed E-state index contributed by atoms with van der Waals surface area (Å²) >= 11 is 3.36. The monoisotopic (exact) mass is 478 g/mol. The molecular formula is C22H27BrN2O3S. The van der Waals surface area contributed by atoms with Gasteiger partial charge in [-0.2, -0.15) is 0 Å². The maximum atomic E-state index is 12.7. The third kappa shape index (κ3) is 5.90. The molecule has 0 radical (unpaired) electrons. The van der Waals surface area contributed by atoms with Gasteiger partial charge in [-0.3, -0.25) is 4.79 Å². The minimum absolute atomic E-state index is 0.0109. The van der Waals surface area contributed by atoms with Crippen LogP contribution in [0, 0.1) is 5.92 Å². The Labute approximate surface area is 181 Å². The summed E-state index contributed by atoms with van der Waals surface area (Å²) in [5.74, 6) is -0.138. The molecule has 1 fully saturated rings. The first-order valence-corrected chi connectivity index (χ1v) is 12.4. The number of sulfonamides is 1. The molecule has 0 saturated carbocycles. The molecule has 1 N–H and O–H groups in total. The Kier molecular flexibility index (Phi) is 7.49. The SMILES string of the molecule is CC[C@H](NC(=O)C1CCN(S(=O)(=O)Cc2ccc(Br)cc2)CC1)c1ccccc1. The van der Waals surface area contributed by atoms with Gasteiger partial charge in [-0.1, -0.05) is 65.3 Å². The molecule has 0 unspecified atom stereocenters. The maximum Gasteiger partial charge on any atom is 0.223 e. The van der Waals surface area contributed by atoms with Crippen LogP contribution >= 0.6 is 15.9 Å². The number of carbonyl (C=O) groups is 1. The number of benzene rings is 2. The molecule has 1 heterocycles. The van der Waals surface area contributed by atoms with Crippen molar-refractivity contribution in [1.82, 2.24) is 9.62 Å². The molecule has 1 aliphatic rings. The number of piperidine rings is 1. The van der Waals surface area contributed by atoms with Crippen molar-refractivity contribution in [3.05, 3.63) is 70.2 Å². The molecule has 156 valence electrons. The van der Waals surface area contributed by atoms with E-state index in [0.29, 0.717) is 25.9 Å². The van der Waals surface area contributed by atoms with E-state index in [1.165, 1.54) is 4.31 Å². The standard InChI is InChI=1S/C22H27BrN2O3S/c1-2-21(18-6-4-3-5-7-18)24-22(26)19-12-14-25(15-13-19)29(27,28)16-17-8-10-20(23)11-9-17/h3-11,19,21H,2,12-16H2,1H3,(H,24,26)/t21-/m0/s1. The first-order valence-electron chi connectivity index (χ1n) is 9.96. The molecule has 2 aromatic carbocycles. The van der Waals surface area contributed by atoms with Crippen LogP contribution in [0.15, 0.2) is 59.1 Å². The predicted molar refractivity (Wildman–Crippen MR) is 119 cm³/mol. The van der Waals surface area contributed by atoms with Gasteiger partial charge in [0.1, 0.15) is 0 Å². The lowest BCUT2D eigenvalue weighted by molar-refractivity contribution is -0.126. The summed E-state index contributed by atoms with van der Waals surface area (Å²) < 4.78 is 27.9. The number of hydrogen-bond donors (Lipinski definition) is 1. The van der Waals surface area contributed by atoms with E-state index in [-0.39, 0.29) is 23.6 Å². The Morgan fingerprint density at radius 2 is 1.72 bits per heavy atom. The molecule has 1 aliphatic heterocycles. The van der Waals surface area contributed by atoms with E-state index in [1.807, 2.05) is 54.6 Å². The lowest BCUT2D eigenvalue weighted by atomic mass is 9.96. The summed E-state index contributed by atoms with van der Waals surface area (Å²) in [6.45, 7) is 2.83. The van der Waals surface area contributed by atoms with Gasteiger partial charge in [0.15, 0.2) is 0 Å². The highest BCUT2D eigenvalue weighted by molar-refractivity contribution is 9.10. The minimum atomic E-state index is -3.38. The second-order valence-electron chi connectivity index (χ2n) is 7.44. The molecule has 0 aliphatic carbocycles. The van der Waals surface area contributed by atoms with Crippen LogP contribution in [0.3, 0.4) is 0 Å². The van der Waals surface area contributed by atoms with Crippen molar-refractivity contribution in [2.45, 2.75) is 38.0 Å². The van der Waals surface area contributed by atoms with Gasteiger partial charge in [0.2, 0.25) is 15.9 Å². The van der Waals surface area contributed by atoms with Crippen LogP contribution in [-0.2, 0) is 20.6 Å². The molecule has 0 spiro atoms. The van der Waals surface area contributed by atoms with E-state index in [4.69, 9.17) is 0 Å². The summed E-state index contributed by atoms with van der Waals surface area (Å²) in [6.07, 6.45) is 1.92. The summed E-state index contributed by atoms with van der Waals surface area (Å²) in [7, 11) is -3.38. The fourth-order valence-electron chi connectivity index (χ4n) is 3.67. The molecule has 1 amide bonds. The number of carbonyl (C=O) groups excluding carboxylic acids is 1. The van der Waals surface area contributed by atoms with E-state index in [9.17, 15) is 13.2 Å². The smallest absolute Gasteiger partial charge is 0.223 e. The minimum Gasteiger partial charge on any atom is -0.349 e. The van der Waals surface area contributed by atoms with Crippen LogP contribution in [0.2, 0.25) is 0 Å². The normalized spacial score (nSPS) is 17.0. The summed E-state index contributed by atoms with van der Waals surface area (Å²) in [6, 6.07) is 17.3. The Balaban J connectivity index is 1.55. The quantitative estimate of drug-likeness (QED) is 0.646. The van der Waals surface area contributed by atoms with Gasteiger partial charge < -0.3 is 5.32 Å². The Morgan fingerprint density at radius 3 is 2.31 bits per heavy atom. The van der Waals surface area contributed by atoms with Gasteiger partial charge in [-0.15, -0.1) is 0 Å². The van der Waals surface area contributed by atoms with Crippen molar-refractivity contribution in [3.63, 3.8) is 0 Å². The largest absolute Gasteiger partial charge is 0.349 e. The van der Waals surface area contributed by atoms with Gasteiger partial charge in [-0.25, -0.2) is 12.7 Å². The summed E-state index contributed by atoms with van der Waals surface area (Å²) in [4.78, 5) is 12.7. The summed E-state index contributed by atoms with van der Waals surface area (Å²) in [5.41, 5.74) is 1.86. The van der Waals surface area contributed by atoms with Crippen LogP contribution in [0.4, 0.5) is 0 Å². The second kappa shape index (κ2) is 9.87. The van der Waals surface area contributed by atoms with Gasteiger partial charge in [0.25, 0.3) is 0 Å². The highest BCUT2D eigenvalue weighted by Crippen LogP contribution is 2.24. The highest BCUT2D eigenvalue weighted by atomic mass is 79.9. The van der Waals surface area contributed by atoms with Crippen LogP contribution in [-0.4, -0.2) is 31.7 Å². The number of amides is 1. The van der Waals surface area contributed by atoms with Crippen molar-refractivity contribution in [3.8, 4) is 0 Å². The van der Waals surface area contributed by atoms with E-state index >= 15 is 0 Å². The molecule has 2 aromatic rings. The third-order valence-corrected chi connectivity index (χ3v) is 7.79. The average molecular weight is 479 g/mol. The van der Waals surface area contributed by atoms with Gasteiger partial charge >= 0.3 is 0 Å². The lowest BCUT2D eigenvalue weighted by Gasteiger charge is -2.31. The van der Waals surface area contributed by atoms with Gasteiger partial charge in [-0.05, 0) is 42.5 Å². The topological polar surface area (TPSA) is 66.5 Å². The Morgan fingerprint density at radius 1 is 1.10 bits per heavy atom. The molecule has 1 saturated heterocycles. The van der Waals surface area contributed by atoms with Crippen molar-refractivity contribution in [1.29, 1.82) is 0 Å². The van der Waals surface area contributed by atoms with Crippen molar-refractivity contribution < 1.29 is 13.2 Å². The predicted octanol–water partition coefficient (Wildman–Crippen LogP) is 4.26. The summed E-state index contributed by atoms with van der Waals surface area (Å²) in [5, 5.41) is 3.14. The lowest BCUT2D eigenvalue weighted by Crippen LogP contribution is -2.44. The van der Waals surface area contributed by atoms with E-state index < -0.39 is 10.0 Å². The molecule has 1 atom stereocenters. The number of nitrogens with one attached hydrogen (secondary N) is 1. The molecule has 7 heteroatoms. The second-order valence-corrected chi connectivity index (χ2v) is 10.3. The highest BCUT2D eigenvalue weighted by Gasteiger charge is 2.31. The molecule has 0 aromatic heterocycles. The van der Waals surface area contributed by atoms with E-state index in [0.717, 1.165) is 22.0 Å². The number of nitrogens with zero attached hydrogens (tertiary/aromatic N) is 1. The first-order chi connectivity index (χ1) is 13.9. The van der Waals surface area contributed by atoms with Gasteiger partial charge in [0, 0.05) is 23.5 Å². The fourth-order valence-corrected chi connectivity index (χ4v) is 5.50. The zero-order valence-corrected chi connectivity index (χ0v) is 19.0. The third-order valence-electron chi connectivity index (χ3n) is 5.41. The molecule has 3 rings (SSSR count). The molecule has 0 bridgehead atoms. The molecule has 29 heavy (non-hydrogen) atoms. The molecular weight excluding hydrogens is 452 g/mol. The van der Waals surface area contributed by atoms with Crippen LogP contribution in [0.1, 0.15) is 43.4 Å². The van der Waals surface area contributed by atoms with Crippen LogP contribution < -0.4 is 5.32 Å². The van der Waals surface area contributed by atoms with E-state index in [1.54, 1.807) is 0 Å². The molecule has 5 nitrogen and oxygen atoms in total. The number of rotatable bonds is 7. The van der Waals surface area contributed by atoms with Gasteiger partial charge in [0.05, 0.1) is 11.8 Å². The van der Waals surface area contributed by atoms with E-state index in [2.05, 4.69) is 28.2 Å². The average Bonchev–Trinajstić information content (AvgIpc) is 2.74. The first kappa shape index (κ1) is 22.0. The van der Waals surface area contributed by atoms with Crippen molar-refractivity contribution >= 4 is 31.9 Å². The zero-order chi connectivity index (χ0) is 20.9. The van der Waals surface area contributed by atoms with Crippen LogP contribution in [0.5, 0.6) is 0 Å². The van der Waals surface area contributed by atoms with Crippen LogP contribution in [0.25, 0.3) is 0 Å². The van der Waals surface area contributed by atoms with Crippen molar-refractivity contribution in [2.75, 3.05) is 13.1 Å². The van der Waals surface area contributed by atoms with Crippen molar-refractivity contribution in [2.24, 2.45) is 5.92 Å². The Bertz CT molecular complexity index is 909.